The molecule has 0 aliphatic heterocycles. The fourth-order valence-electron chi connectivity index (χ4n) is 1.51. The Morgan fingerprint density at radius 3 is 2.75 bits per heavy atom. The third-order valence-corrected chi connectivity index (χ3v) is 3.18. The number of halogens is 1. The van der Waals surface area contributed by atoms with Crippen LogP contribution in [0, 0.1) is 3.57 Å². The van der Waals surface area contributed by atoms with Crippen LogP contribution in [0.3, 0.4) is 0 Å². The van der Waals surface area contributed by atoms with Gasteiger partial charge < -0.3 is 4.90 Å². The largest absolute Gasteiger partial charge is 0.335 e. The summed E-state index contributed by atoms with van der Waals surface area (Å²) in [6, 6.07) is 7.66. The summed E-state index contributed by atoms with van der Waals surface area (Å²) in [5.74, 6) is 0.0896. The van der Waals surface area contributed by atoms with Crippen LogP contribution in [0.4, 0.5) is 0 Å². The Balaban J connectivity index is 2.89. The van der Waals surface area contributed by atoms with Gasteiger partial charge >= 0.3 is 0 Å². The van der Waals surface area contributed by atoms with Crippen LogP contribution in [0.25, 0.3) is 0 Å². The number of nitrogens with zero attached hydrogens (tertiary/aromatic N) is 1. The summed E-state index contributed by atoms with van der Waals surface area (Å²) in [6.45, 7) is 7.14. The molecule has 0 saturated heterocycles. The predicted molar refractivity (Wildman–Crippen MR) is 75.6 cm³/mol. The minimum Gasteiger partial charge on any atom is -0.335 e. The second-order valence-electron chi connectivity index (χ2n) is 3.52. The molecule has 1 aromatic rings. The van der Waals surface area contributed by atoms with Crippen molar-refractivity contribution in [2.75, 3.05) is 13.1 Å². The lowest BCUT2D eigenvalue weighted by Gasteiger charge is -2.20. The number of hydrogen-bond donors (Lipinski definition) is 0. The van der Waals surface area contributed by atoms with Gasteiger partial charge in [-0.25, -0.2) is 0 Å². The van der Waals surface area contributed by atoms with Crippen molar-refractivity contribution in [3.8, 4) is 0 Å². The maximum absolute atomic E-state index is 12.2. The third-order valence-electron chi connectivity index (χ3n) is 2.23. The van der Waals surface area contributed by atoms with E-state index in [1.807, 2.05) is 29.2 Å². The standard InChI is InChI=1S/C13H16INO/c1-3-9-15(10-4-2)13(16)11-7-5-6-8-12(11)14/h3,5-8H,1,4,9-10H2,2H3. The number of hydrogen-bond acceptors (Lipinski definition) is 1. The highest BCUT2D eigenvalue weighted by Gasteiger charge is 2.15. The van der Waals surface area contributed by atoms with E-state index in [0.717, 1.165) is 22.1 Å². The summed E-state index contributed by atoms with van der Waals surface area (Å²) < 4.78 is 0.996. The van der Waals surface area contributed by atoms with Gasteiger partial charge in [-0.3, -0.25) is 4.79 Å². The van der Waals surface area contributed by atoms with E-state index in [1.165, 1.54) is 0 Å². The van der Waals surface area contributed by atoms with Crippen LogP contribution in [0.2, 0.25) is 0 Å². The summed E-state index contributed by atoms with van der Waals surface area (Å²) in [6.07, 6.45) is 2.73. The second-order valence-corrected chi connectivity index (χ2v) is 4.68. The Kier molecular flexibility index (Phi) is 5.52. The quantitative estimate of drug-likeness (QED) is 0.599. The predicted octanol–water partition coefficient (Wildman–Crippen LogP) is 3.33. The van der Waals surface area contributed by atoms with Gasteiger partial charge in [0.2, 0.25) is 0 Å². The fourth-order valence-corrected chi connectivity index (χ4v) is 2.12. The monoisotopic (exact) mass is 329 g/mol. The average Bonchev–Trinajstić information content (AvgIpc) is 2.28. The maximum atomic E-state index is 12.2. The zero-order valence-corrected chi connectivity index (χ0v) is 11.6. The lowest BCUT2D eigenvalue weighted by atomic mass is 10.2. The molecule has 0 atom stereocenters. The summed E-state index contributed by atoms with van der Waals surface area (Å²) in [4.78, 5) is 14.0. The van der Waals surface area contributed by atoms with Gasteiger partial charge in [0.25, 0.3) is 5.91 Å². The molecule has 0 spiro atoms. The highest BCUT2D eigenvalue weighted by Crippen LogP contribution is 2.14. The first kappa shape index (κ1) is 13.2. The number of amides is 1. The van der Waals surface area contributed by atoms with Crippen molar-refractivity contribution in [1.82, 2.24) is 4.90 Å². The van der Waals surface area contributed by atoms with Crippen molar-refractivity contribution in [3.63, 3.8) is 0 Å². The maximum Gasteiger partial charge on any atom is 0.255 e. The van der Waals surface area contributed by atoms with Gasteiger partial charge in [-0.05, 0) is 41.1 Å². The molecule has 1 rings (SSSR count). The molecule has 0 saturated carbocycles. The zero-order valence-electron chi connectivity index (χ0n) is 9.45. The molecule has 0 aliphatic carbocycles. The van der Waals surface area contributed by atoms with Crippen molar-refractivity contribution in [2.24, 2.45) is 0 Å². The summed E-state index contributed by atoms with van der Waals surface area (Å²) >= 11 is 2.19. The molecule has 0 radical (unpaired) electrons. The van der Waals surface area contributed by atoms with E-state index in [4.69, 9.17) is 0 Å². The van der Waals surface area contributed by atoms with Crippen molar-refractivity contribution >= 4 is 28.5 Å². The Labute approximate surface area is 110 Å². The first-order valence-corrected chi connectivity index (χ1v) is 6.43. The van der Waals surface area contributed by atoms with E-state index in [9.17, 15) is 4.79 Å². The molecule has 0 fully saturated rings. The fraction of sp³-hybridized carbons (Fsp3) is 0.308. The van der Waals surface area contributed by atoms with Gasteiger partial charge in [-0.1, -0.05) is 25.1 Å². The Bertz CT molecular complexity index is 376. The molecule has 0 bridgehead atoms. The molecule has 0 unspecified atom stereocenters. The van der Waals surface area contributed by atoms with E-state index in [-0.39, 0.29) is 5.91 Å². The van der Waals surface area contributed by atoms with Gasteiger partial charge in [-0.15, -0.1) is 6.58 Å². The molecule has 1 amide bonds. The lowest BCUT2D eigenvalue weighted by Crippen LogP contribution is -2.32. The van der Waals surface area contributed by atoms with Crippen molar-refractivity contribution in [1.29, 1.82) is 0 Å². The van der Waals surface area contributed by atoms with Crippen molar-refractivity contribution in [2.45, 2.75) is 13.3 Å². The lowest BCUT2D eigenvalue weighted by molar-refractivity contribution is 0.0773. The van der Waals surface area contributed by atoms with Gasteiger partial charge in [0.1, 0.15) is 0 Å². The van der Waals surface area contributed by atoms with Crippen LogP contribution in [0.15, 0.2) is 36.9 Å². The van der Waals surface area contributed by atoms with Gasteiger partial charge in [0, 0.05) is 16.7 Å². The van der Waals surface area contributed by atoms with Crippen LogP contribution >= 0.6 is 22.6 Å². The second kappa shape index (κ2) is 6.68. The van der Waals surface area contributed by atoms with Crippen LogP contribution < -0.4 is 0 Å². The molecule has 16 heavy (non-hydrogen) atoms. The number of carbonyl (C=O) groups excluding carboxylic acids is 1. The normalized spacial score (nSPS) is 9.88. The SMILES string of the molecule is C=CCN(CCC)C(=O)c1ccccc1I. The summed E-state index contributed by atoms with van der Waals surface area (Å²) in [7, 11) is 0. The van der Waals surface area contributed by atoms with Crippen LogP contribution in [-0.4, -0.2) is 23.9 Å². The molecule has 0 N–H and O–H groups in total. The van der Waals surface area contributed by atoms with E-state index in [1.54, 1.807) is 6.08 Å². The number of benzene rings is 1. The van der Waals surface area contributed by atoms with Gasteiger partial charge in [-0.2, -0.15) is 0 Å². The first-order valence-electron chi connectivity index (χ1n) is 5.35. The van der Waals surface area contributed by atoms with Crippen molar-refractivity contribution < 1.29 is 4.79 Å². The van der Waals surface area contributed by atoms with Crippen LogP contribution in [-0.2, 0) is 0 Å². The molecule has 0 aromatic heterocycles. The molecule has 1 aromatic carbocycles. The molecule has 3 heteroatoms. The minimum atomic E-state index is 0.0896. The Hall–Kier alpha value is -0.840. The Morgan fingerprint density at radius 1 is 1.50 bits per heavy atom. The molecule has 86 valence electrons. The third kappa shape index (κ3) is 3.33. The summed E-state index contributed by atoms with van der Waals surface area (Å²) in [5.41, 5.74) is 0.776. The van der Waals surface area contributed by atoms with Crippen molar-refractivity contribution in [3.05, 3.63) is 46.1 Å². The highest BCUT2D eigenvalue weighted by atomic mass is 127. The number of rotatable bonds is 5. The van der Waals surface area contributed by atoms with E-state index >= 15 is 0 Å². The van der Waals surface area contributed by atoms with Crippen LogP contribution in [0.1, 0.15) is 23.7 Å². The topological polar surface area (TPSA) is 20.3 Å². The van der Waals surface area contributed by atoms with E-state index < -0.39 is 0 Å². The van der Waals surface area contributed by atoms with E-state index in [2.05, 4.69) is 36.1 Å². The molecule has 2 nitrogen and oxygen atoms in total. The zero-order chi connectivity index (χ0) is 12.0. The number of carbonyl (C=O) groups is 1. The molecular weight excluding hydrogens is 313 g/mol. The average molecular weight is 329 g/mol. The van der Waals surface area contributed by atoms with Gasteiger partial charge in [0.05, 0.1) is 5.56 Å². The first-order chi connectivity index (χ1) is 7.70. The summed E-state index contributed by atoms with van der Waals surface area (Å²) in [5, 5.41) is 0. The molecule has 0 heterocycles. The molecular formula is C13H16INO. The minimum absolute atomic E-state index is 0.0896. The smallest absolute Gasteiger partial charge is 0.255 e. The van der Waals surface area contributed by atoms with Gasteiger partial charge in [0.15, 0.2) is 0 Å². The molecule has 0 aliphatic rings. The highest BCUT2D eigenvalue weighted by molar-refractivity contribution is 14.1. The Morgan fingerprint density at radius 2 is 2.19 bits per heavy atom. The van der Waals surface area contributed by atoms with Crippen LogP contribution in [0.5, 0.6) is 0 Å². The van der Waals surface area contributed by atoms with E-state index in [0.29, 0.717) is 6.54 Å².